The molecule has 2 rings (SSSR count). The molecule has 1 saturated carbocycles. The Morgan fingerprint density at radius 3 is 2.39 bits per heavy atom. The van der Waals surface area contributed by atoms with Crippen molar-refractivity contribution < 1.29 is 5.11 Å². The highest BCUT2D eigenvalue weighted by Crippen LogP contribution is 2.35. The van der Waals surface area contributed by atoms with Gasteiger partial charge in [-0.15, -0.1) is 5.10 Å². The van der Waals surface area contributed by atoms with Crippen molar-refractivity contribution in [1.29, 1.82) is 0 Å². The number of hydrogen-bond acceptors (Lipinski definition) is 3. The van der Waals surface area contributed by atoms with Gasteiger partial charge in [0.05, 0.1) is 11.8 Å². The fourth-order valence-electron chi connectivity index (χ4n) is 3.07. The summed E-state index contributed by atoms with van der Waals surface area (Å²) in [6.07, 6.45) is 7.12. The minimum atomic E-state index is -0.255. The molecule has 1 aromatic heterocycles. The summed E-state index contributed by atoms with van der Waals surface area (Å²) in [5.74, 6) is 2.08. The molecule has 0 saturated heterocycles. The molecule has 0 amide bonds. The Bertz CT molecular complexity index is 367. The molecule has 0 aromatic carbocycles. The molecule has 4 nitrogen and oxygen atoms in total. The molecule has 1 aliphatic carbocycles. The second-order valence-electron chi connectivity index (χ2n) is 6.07. The van der Waals surface area contributed by atoms with E-state index >= 15 is 0 Å². The van der Waals surface area contributed by atoms with Gasteiger partial charge < -0.3 is 5.11 Å². The first-order valence-electron chi connectivity index (χ1n) is 7.09. The highest BCUT2D eigenvalue weighted by molar-refractivity contribution is 4.95. The lowest BCUT2D eigenvalue weighted by Crippen LogP contribution is -2.28. The standard InChI is InChI=1S/C14H25N3O/c1-10(2)11-4-6-12(7-5-11)14(18)8-13-9-17(3)16-15-13/h9-12,14,18H,4-8H2,1-3H3. The highest BCUT2D eigenvalue weighted by atomic mass is 16.3. The number of aromatic nitrogens is 3. The SMILES string of the molecule is CC(C)C1CCC(C(O)Cc2cn(C)nn2)CC1. The normalized spacial score (nSPS) is 26.5. The third kappa shape index (κ3) is 3.31. The molecule has 1 aromatic rings. The van der Waals surface area contributed by atoms with Crippen LogP contribution in [0.5, 0.6) is 0 Å². The molecule has 1 fully saturated rings. The van der Waals surface area contributed by atoms with E-state index < -0.39 is 0 Å². The third-order valence-electron chi connectivity index (χ3n) is 4.37. The number of aliphatic hydroxyl groups is 1. The molecular weight excluding hydrogens is 226 g/mol. The molecule has 0 bridgehead atoms. The van der Waals surface area contributed by atoms with Crippen LogP contribution in [0.15, 0.2) is 6.20 Å². The maximum atomic E-state index is 10.3. The summed E-state index contributed by atoms with van der Waals surface area (Å²) in [6, 6.07) is 0. The Hall–Kier alpha value is -0.900. The Morgan fingerprint density at radius 2 is 1.89 bits per heavy atom. The average Bonchev–Trinajstić information content (AvgIpc) is 2.75. The monoisotopic (exact) mass is 251 g/mol. The second kappa shape index (κ2) is 5.83. The van der Waals surface area contributed by atoms with Gasteiger partial charge in [-0.25, -0.2) is 0 Å². The molecular formula is C14H25N3O. The van der Waals surface area contributed by atoms with Gasteiger partial charge in [0.2, 0.25) is 0 Å². The van der Waals surface area contributed by atoms with Crippen molar-refractivity contribution in [3.63, 3.8) is 0 Å². The van der Waals surface area contributed by atoms with Crippen LogP contribution in [0.2, 0.25) is 0 Å². The first kappa shape index (κ1) is 13.5. The lowest BCUT2D eigenvalue weighted by Gasteiger charge is -2.33. The van der Waals surface area contributed by atoms with Gasteiger partial charge >= 0.3 is 0 Å². The zero-order chi connectivity index (χ0) is 13.1. The predicted octanol–water partition coefficient (Wildman–Crippen LogP) is 2.18. The van der Waals surface area contributed by atoms with Crippen LogP contribution in [0.3, 0.4) is 0 Å². The van der Waals surface area contributed by atoms with Gasteiger partial charge in [-0.3, -0.25) is 4.68 Å². The van der Waals surface area contributed by atoms with Crippen LogP contribution in [0.4, 0.5) is 0 Å². The largest absolute Gasteiger partial charge is 0.392 e. The maximum Gasteiger partial charge on any atom is 0.0852 e. The zero-order valence-corrected chi connectivity index (χ0v) is 11.7. The summed E-state index contributed by atoms with van der Waals surface area (Å²) in [5.41, 5.74) is 0.899. The quantitative estimate of drug-likeness (QED) is 0.892. The number of nitrogens with zero attached hydrogens (tertiary/aromatic N) is 3. The molecule has 4 heteroatoms. The Morgan fingerprint density at radius 1 is 1.28 bits per heavy atom. The summed E-state index contributed by atoms with van der Waals surface area (Å²) in [6.45, 7) is 4.61. The van der Waals surface area contributed by atoms with E-state index in [0.29, 0.717) is 12.3 Å². The van der Waals surface area contributed by atoms with Crippen molar-refractivity contribution in [3.8, 4) is 0 Å². The molecule has 1 heterocycles. The number of rotatable bonds is 4. The summed E-state index contributed by atoms with van der Waals surface area (Å²) in [5, 5.41) is 18.2. The fraction of sp³-hybridized carbons (Fsp3) is 0.857. The van der Waals surface area contributed by atoms with Crippen molar-refractivity contribution in [2.75, 3.05) is 0 Å². The van der Waals surface area contributed by atoms with E-state index in [-0.39, 0.29) is 6.10 Å². The van der Waals surface area contributed by atoms with Crippen molar-refractivity contribution in [3.05, 3.63) is 11.9 Å². The maximum absolute atomic E-state index is 10.3. The number of hydrogen-bond donors (Lipinski definition) is 1. The van der Waals surface area contributed by atoms with Crippen LogP contribution in [0.1, 0.15) is 45.2 Å². The van der Waals surface area contributed by atoms with Crippen LogP contribution in [-0.2, 0) is 13.5 Å². The highest BCUT2D eigenvalue weighted by Gasteiger charge is 2.28. The van der Waals surface area contributed by atoms with Crippen LogP contribution in [-0.4, -0.2) is 26.2 Å². The van der Waals surface area contributed by atoms with E-state index in [1.54, 1.807) is 4.68 Å². The van der Waals surface area contributed by atoms with Gasteiger partial charge in [0.25, 0.3) is 0 Å². The van der Waals surface area contributed by atoms with Gasteiger partial charge in [-0.05, 0) is 43.4 Å². The van der Waals surface area contributed by atoms with Crippen molar-refractivity contribution in [2.24, 2.45) is 24.8 Å². The fourth-order valence-corrected chi connectivity index (χ4v) is 3.07. The van der Waals surface area contributed by atoms with Crippen molar-refractivity contribution >= 4 is 0 Å². The predicted molar refractivity (Wildman–Crippen MR) is 71.0 cm³/mol. The van der Waals surface area contributed by atoms with Crippen molar-refractivity contribution in [2.45, 2.75) is 52.1 Å². The van der Waals surface area contributed by atoms with E-state index in [1.807, 2.05) is 13.2 Å². The van der Waals surface area contributed by atoms with E-state index in [9.17, 15) is 5.11 Å². The topological polar surface area (TPSA) is 50.9 Å². The Kier molecular flexibility index (Phi) is 4.38. The van der Waals surface area contributed by atoms with Crippen LogP contribution in [0, 0.1) is 17.8 Å². The summed E-state index contributed by atoms with van der Waals surface area (Å²) >= 11 is 0. The zero-order valence-electron chi connectivity index (χ0n) is 11.7. The smallest absolute Gasteiger partial charge is 0.0852 e. The van der Waals surface area contributed by atoms with Crippen LogP contribution < -0.4 is 0 Å². The number of aryl methyl sites for hydroxylation is 1. The summed E-state index contributed by atoms with van der Waals surface area (Å²) in [4.78, 5) is 0. The molecule has 18 heavy (non-hydrogen) atoms. The molecule has 1 unspecified atom stereocenters. The van der Waals surface area contributed by atoms with Crippen molar-refractivity contribution in [1.82, 2.24) is 15.0 Å². The summed E-state index contributed by atoms with van der Waals surface area (Å²) < 4.78 is 1.69. The van der Waals surface area contributed by atoms with Crippen LogP contribution in [0.25, 0.3) is 0 Å². The lowest BCUT2D eigenvalue weighted by atomic mass is 9.74. The molecule has 0 spiro atoms. The summed E-state index contributed by atoms with van der Waals surface area (Å²) in [7, 11) is 1.86. The minimum absolute atomic E-state index is 0.255. The molecule has 1 aliphatic rings. The minimum Gasteiger partial charge on any atom is -0.392 e. The first-order chi connectivity index (χ1) is 8.56. The van der Waals surface area contributed by atoms with E-state index in [4.69, 9.17) is 0 Å². The van der Waals surface area contributed by atoms with Crippen LogP contribution >= 0.6 is 0 Å². The molecule has 102 valence electrons. The van der Waals surface area contributed by atoms with Gasteiger partial charge in [-0.1, -0.05) is 19.1 Å². The number of aliphatic hydroxyl groups excluding tert-OH is 1. The van der Waals surface area contributed by atoms with E-state index in [2.05, 4.69) is 24.2 Å². The average molecular weight is 251 g/mol. The second-order valence-corrected chi connectivity index (χ2v) is 6.07. The Balaban J connectivity index is 1.82. The van der Waals surface area contributed by atoms with Gasteiger partial charge in [-0.2, -0.15) is 0 Å². The van der Waals surface area contributed by atoms with E-state index in [0.717, 1.165) is 30.4 Å². The molecule has 0 radical (unpaired) electrons. The Labute approximate surface area is 109 Å². The third-order valence-corrected chi connectivity index (χ3v) is 4.37. The van der Waals surface area contributed by atoms with Gasteiger partial charge in [0, 0.05) is 19.7 Å². The molecule has 1 N–H and O–H groups in total. The molecule has 0 aliphatic heterocycles. The van der Waals surface area contributed by atoms with Gasteiger partial charge in [0.1, 0.15) is 0 Å². The first-order valence-corrected chi connectivity index (χ1v) is 7.09. The van der Waals surface area contributed by atoms with E-state index in [1.165, 1.54) is 12.8 Å². The molecule has 1 atom stereocenters. The van der Waals surface area contributed by atoms with Gasteiger partial charge in [0.15, 0.2) is 0 Å². The lowest BCUT2D eigenvalue weighted by molar-refractivity contribution is 0.0668.